The summed E-state index contributed by atoms with van der Waals surface area (Å²) in [6, 6.07) is 7.41. The van der Waals surface area contributed by atoms with E-state index in [1.807, 2.05) is 24.3 Å². The highest BCUT2D eigenvalue weighted by Gasteiger charge is 1.99. The molecule has 0 spiro atoms. The molecule has 0 unspecified atom stereocenters. The molecule has 0 fully saturated rings. The van der Waals surface area contributed by atoms with Crippen LogP contribution in [0.2, 0.25) is 0 Å². The Morgan fingerprint density at radius 2 is 2.12 bits per heavy atom. The number of ether oxygens (including phenoxy) is 1. The van der Waals surface area contributed by atoms with Gasteiger partial charge in [0.25, 0.3) is 0 Å². The van der Waals surface area contributed by atoms with E-state index in [-0.39, 0.29) is 6.61 Å². The molecule has 90 valence electrons. The van der Waals surface area contributed by atoms with Crippen molar-refractivity contribution >= 4 is 6.09 Å². The van der Waals surface area contributed by atoms with E-state index >= 15 is 0 Å². The Balaban J connectivity index is 2.48. The molecule has 0 atom stereocenters. The first-order chi connectivity index (χ1) is 8.26. The third kappa shape index (κ3) is 5.05. The van der Waals surface area contributed by atoms with Gasteiger partial charge < -0.3 is 15.2 Å². The van der Waals surface area contributed by atoms with E-state index in [0.29, 0.717) is 13.2 Å². The Kier molecular flexibility index (Phi) is 5.62. The van der Waals surface area contributed by atoms with Crippen molar-refractivity contribution in [3.63, 3.8) is 0 Å². The van der Waals surface area contributed by atoms with E-state index < -0.39 is 6.09 Å². The molecule has 0 heterocycles. The number of hydrogen-bond acceptors (Lipinski definition) is 3. The van der Waals surface area contributed by atoms with Crippen LogP contribution in [-0.2, 0) is 11.3 Å². The van der Waals surface area contributed by atoms with Crippen LogP contribution >= 0.6 is 0 Å². The summed E-state index contributed by atoms with van der Waals surface area (Å²) in [5.74, 6) is 5.36. The molecule has 17 heavy (non-hydrogen) atoms. The summed E-state index contributed by atoms with van der Waals surface area (Å²) in [6.07, 6.45) is -0.420. The Morgan fingerprint density at radius 1 is 1.41 bits per heavy atom. The second-order valence-electron chi connectivity index (χ2n) is 3.23. The van der Waals surface area contributed by atoms with Crippen LogP contribution in [0.3, 0.4) is 0 Å². The van der Waals surface area contributed by atoms with E-state index in [2.05, 4.69) is 17.2 Å². The van der Waals surface area contributed by atoms with Crippen LogP contribution in [0.5, 0.6) is 0 Å². The van der Waals surface area contributed by atoms with Gasteiger partial charge in [-0.3, -0.25) is 0 Å². The molecule has 0 saturated heterocycles. The highest BCUT2D eigenvalue weighted by Crippen LogP contribution is 2.03. The summed E-state index contributed by atoms with van der Waals surface area (Å²) in [5, 5.41) is 11.2. The zero-order chi connectivity index (χ0) is 12.5. The molecular formula is C13H15NO3. The molecule has 4 heteroatoms. The fourth-order valence-electron chi connectivity index (χ4n) is 1.20. The molecule has 0 aliphatic carbocycles. The van der Waals surface area contributed by atoms with Gasteiger partial charge in [0.05, 0.1) is 6.61 Å². The van der Waals surface area contributed by atoms with Crippen molar-refractivity contribution in [2.24, 2.45) is 0 Å². The van der Waals surface area contributed by atoms with Gasteiger partial charge >= 0.3 is 6.09 Å². The predicted molar refractivity (Wildman–Crippen MR) is 64.3 cm³/mol. The largest absolute Gasteiger partial charge is 0.450 e. The van der Waals surface area contributed by atoms with Crippen LogP contribution in [0.25, 0.3) is 0 Å². The first-order valence-electron chi connectivity index (χ1n) is 5.35. The van der Waals surface area contributed by atoms with Crippen LogP contribution in [0, 0.1) is 11.8 Å². The molecule has 1 aromatic rings. The van der Waals surface area contributed by atoms with Crippen LogP contribution in [-0.4, -0.2) is 24.4 Å². The van der Waals surface area contributed by atoms with Gasteiger partial charge in [0.15, 0.2) is 0 Å². The Labute approximate surface area is 101 Å². The molecule has 1 aromatic carbocycles. The highest BCUT2D eigenvalue weighted by atomic mass is 16.5. The number of amides is 1. The van der Waals surface area contributed by atoms with Crippen molar-refractivity contribution in [3.05, 3.63) is 35.4 Å². The standard InChI is InChI=1S/C13H15NO3/c1-2-17-13(16)14-10-12-7-5-11(6-8-12)4-3-9-15/h5-8,15H,2,9-10H2,1H3,(H,14,16). The molecule has 0 bridgehead atoms. The van der Waals surface area contributed by atoms with Gasteiger partial charge in [-0.05, 0) is 24.6 Å². The number of alkyl carbamates (subject to hydrolysis) is 1. The molecule has 0 aliphatic rings. The number of aliphatic hydroxyl groups is 1. The lowest BCUT2D eigenvalue weighted by molar-refractivity contribution is 0.151. The lowest BCUT2D eigenvalue weighted by Crippen LogP contribution is -2.23. The van der Waals surface area contributed by atoms with Crippen molar-refractivity contribution < 1.29 is 14.6 Å². The van der Waals surface area contributed by atoms with Gasteiger partial charge in [0, 0.05) is 12.1 Å². The zero-order valence-corrected chi connectivity index (χ0v) is 9.69. The van der Waals surface area contributed by atoms with Gasteiger partial charge in [-0.1, -0.05) is 24.0 Å². The maximum Gasteiger partial charge on any atom is 0.407 e. The smallest absolute Gasteiger partial charge is 0.407 e. The lowest BCUT2D eigenvalue weighted by Gasteiger charge is -2.05. The number of carbonyl (C=O) groups is 1. The van der Waals surface area contributed by atoms with Gasteiger partial charge in [-0.15, -0.1) is 0 Å². The Bertz CT molecular complexity index is 415. The minimum absolute atomic E-state index is 0.147. The summed E-state index contributed by atoms with van der Waals surface area (Å²) < 4.78 is 4.74. The fourth-order valence-corrected chi connectivity index (χ4v) is 1.20. The van der Waals surface area contributed by atoms with E-state index in [0.717, 1.165) is 11.1 Å². The summed E-state index contributed by atoms with van der Waals surface area (Å²) in [6.45, 7) is 2.40. The molecule has 0 saturated carbocycles. The monoisotopic (exact) mass is 233 g/mol. The maximum absolute atomic E-state index is 11.0. The van der Waals surface area contributed by atoms with E-state index in [9.17, 15) is 4.79 Å². The molecule has 0 aliphatic heterocycles. The Hall–Kier alpha value is -1.99. The minimum atomic E-state index is -0.420. The van der Waals surface area contributed by atoms with Gasteiger partial charge in [-0.25, -0.2) is 4.79 Å². The molecule has 2 N–H and O–H groups in total. The zero-order valence-electron chi connectivity index (χ0n) is 9.69. The van der Waals surface area contributed by atoms with Crippen molar-refractivity contribution in [1.82, 2.24) is 5.32 Å². The third-order valence-electron chi connectivity index (χ3n) is 1.98. The Morgan fingerprint density at radius 3 is 2.71 bits per heavy atom. The van der Waals surface area contributed by atoms with Crippen molar-refractivity contribution in [1.29, 1.82) is 0 Å². The number of nitrogens with one attached hydrogen (secondary N) is 1. The first-order valence-corrected chi connectivity index (χ1v) is 5.35. The van der Waals surface area contributed by atoms with E-state index in [4.69, 9.17) is 9.84 Å². The summed E-state index contributed by atoms with van der Waals surface area (Å²) >= 11 is 0. The number of benzene rings is 1. The average Bonchev–Trinajstić information content (AvgIpc) is 2.35. The lowest BCUT2D eigenvalue weighted by atomic mass is 10.1. The molecule has 1 rings (SSSR count). The third-order valence-corrected chi connectivity index (χ3v) is 1.98. The van der Waals surface area contributed by atoms with Crippen LogP contribution in [0.4, 0.5) is 4.79 Å². The molecular weight excluding hydrogens is 218 g/mol. The molecule has 0 radical (unpaired) electrons. The van der Waals surface area contributed by atoms with Crippen molar-refractivity contribution in [3.8, 4) is 11.8 Å². The quantitative estimate of drug-likeness (QED) is 0.773. The van der Waals surface area contributed by atoms with Gasteiger partial charge in [0.2, 0.25) is 0 Å². The summed E-state index contributed by atoms with van der Waals surface area (Å²) in [5.41, 5.74) is 1.80. The summed E-state index contributed by atoms with van der Waals surface area (Å²) in [7, 11) is 0. The van der Waals surface area contributed by atoms with Crippen LogP contribution < -0.4 is 5.32 Å². The number of aliphatic hydroxyl groups excluding tert-OH is 1. The molecule has 1 amide bonds. The second kappa shape index (κ2) is 7.31. The van der Waals surface area contributed by atoms with Gasteiger partial charge in [0.1, 0.15) is 6.61 Å². The minimum Gasteiger partial charge on any atom is -0.450 e. The number of rotatable bonds is 3. The van der Waals surface area contributed by atoms with Gasteiger partial charge in [-0.2, -0.15) is 0 Å². The average molecular weight is 233 g/mol. The molecule has 0 aromatic heterocycles. The maximum atomic E-state index is 11.0. The van der Waals surface area contributed by atoms with Crippen LogP contribution in [0.1, 0.15) is 18.1 Å². The fraction of sp³-hybridized carbons (Fsp3) is 0.308. The van der Waals surface area contributed by atoms with E-state index in [1.165, 1.54) is 0 Å². The van der Waals surface area contributed by atoms with Crippen molar-refractivity contribution in [2.45, 2.75) is 13.5 Å². The second-order valence-corrected chi connectivity index (χ2v) is 3.23. The molecule has 4 nitrogen and oxygen atoms in total. The summed E-state index contributed by atoms with van der Waals surface area (Å²) in [4.78, 5) is 11.0. The normalized spacial score (nSPS) is 9.06. The topological polar surface area (TPSA) is 58.6 Å². The number of carbonyl (C=O) groups excluding carboxylic acids is 1. The SMILES string of the molecule is CCOC(=O)NCc1ccc(C#CCO)cc1. The first kappa shape index (κ1) is 13.1. The van der Waals surface area contributed by atoms with E-state index in [1.54, 1.807) is 6.92 Å². The van der Waals surface area contributed by atoms with Crippen molar-refractivity contribution in [2.75, 3.05) is 13.2 Å². The van der Waals surface area contributed by atoms with Crippen LogP contribution in [0.15, 0.2) is 24.3 Å². The highest BCUT2D eigenvalue weighted by molar-refractivity contribution is 5.67. The number of hydrogen-bond donors (Lipinski definition) is 2. The predicted octanol–water partition coefficient (Wildman–Crippen LogP) is 1.28.